The Hall–Kier alpha value is -3.03. The van der Waals surface area contributed by atoms with Gasteiger partial charge < -0.3 is 15.4 Å². The van der Waals surface area contributed by atoms with Crippen LogP contribution < -0.4 is 10.6 Å². The Labute approximate surface area is 198 Å². The highest BCUT2D eigenvalue weighted by atomic mass is 32.1. The Bertz CT molecular complexity index is 1130. The van der Waals surface area contributed by atoms with E-state index in [0.29, 0.717) is 29.3 Å². The number of thiophene rings is 1. The second kappa shape index (κ2) is 10.7. The highest BCUT2D eigenvalue weighted by Gasteiger charge is 2.26. The molecule has 0 saturated carbocycles. The van der Waals surface area contributed by atoms with Crippen molar-refractivity contribution in [2.45, 2.75) is 58.8 Å². The lowest BCUT2D eigenvalue weighted by Gasteiger charge is -2.15. The number of anilines is 1. The van der Waals surface area contributed by atoms with Crippen LogP contribution in [0, 0.1) is 0 Å². The SMILES string of the molecule is CC(C)OCc1ccccc1CNC(=O)c1c(NC(=O)c2cccnc2)sc2c1CCCC2. The molecule has 1 aliphatic carbocycles. The van der Waals surface area contributed by atoms with Crippen molar-refractivity contribution in [1.82, 2.24) is 10.3 Å². The average molecular weight is 464 g/mol. The molecule has 4 rings (SSSR count). The van der Waals surface area contributed by atoms with Gasteiger partial charge in [-0.1, -0.05) is 24.3 Å². The first kappa shape index (κ1) is 23.1. The molecule has 7 heteroatoms. The Morgan fingerprint density at radius 3 is 2.61 bits per heavy atom. The van der Waals surface area contributed by atoms with E-state index >= 15 is 0 Å². The third kappa shape index (κ3) is 5.67. The van der Waals surface area contributed by atoms with Gasteiger partial charge in [0.2, 0.25) is 0 Å². The van der Waals surface area contributed by atoms with Crippen molar-refractivity contribution in [2.75, 3.05) is 5.32 Å². The number of nitrogens with one attached hydrogen (secondary N) is 2. The number of aromatic nitrogens is 1. The van der Waals surface area contributed by atoms with Crippen molar-refractivity contribution in [1.29, 1.82) is 0 Å². The molecule has 2 amide bonds. The summed E-state index contributed by atoms with van der Waals surface area (Å²) in [4.78, 5) is 31.3. The van der Waals surface area contributed by atoms with E-state index in [1.165, 1.54) is 22.4 Å². The van der Waals surface area contributed by atoms with Gasteiger partial charge in [0.25, 0.3) is 11.8 Å². The van der Waals surface area contributed by atoms with E-state index in [0.717, 1.165) is 42.4 Å². The zero-order valence-corrected chi connectivity index (χ0v) is 19.8. The zero-order chi connectivity index (χ0) is 23.2. The number of amides is 2. The van der Waals surface area contributed by atoms with E-state index in [1.54, 1.807) is 18.3 Å². The van der Waals surface area contributed by atoms with Crippen LogP contribution in [0.2, 0.25) is 0 Å². The molecule has 0 bridgehead atoms. The summed E-state index contributed by atoms with van der Waals surface area (Å²) in [5.41, 5.74) is 4.22. The lowest BCUT2D eigenvalue weighted by Crippen LogP contribution is -2.26. The van der Waals surface area contributed by atoms with E-state index in [2.05, 4.69) is 15.6 Å². The highest BCUT2D eigenvalue weighted by Crippen LogP contribution is 2.38. The smallest absolute Gasteiger partial charge is 0.257 e. The van der Waals surface area contributed by atoms with Crippen LogP contribution in [0.3, 0.4) is 0 Å². The largest absolute Gasteiger partial charge is 0.374 e. The predicted molar refractivity (Wildman–Crippen MR) is 131 cm³/mol. The number of carbonyl (C=O) groups is 2. The van der Waals surface area contributed by atoms with Crippen LogP contribution in [0.5, 0.6) is 0 Å². The number of aryl methyl sites for hydroxylation is 1. The van der Waals surface area contributed by atoms with Crippen molar-refractivity contribution in [3.8, 4) is 0 Å². The Morgan fingerprint density at radius 2 is 1.85 bits per heavy atom. The molecule has 0 atom stereocenters. The molecule has 0 spiro atoms. The fourth-order valence-electron chi connectivity index (χ4n) is 3.96. The molecule has 0 saturated heterocycles. The molecule has 172 valence electrons. The molecular weight excluding hydrogens is 434 g/mol. The van der Waals surface area contributed by atoms with Crippen molar-refractivity contribution < 1.29 is 14.3 Å². The standard InChI is InChI=1S/C26H29N3O3S/c1-17(2)32-16-20-9-4-3-8-18(20)15-28-25(31)23-21-11-5-6-12-22(21)33-26(23)29-24(30)19-10-7-13-27-14-19/h3-4,7-10,13-14,17H,5-6,11-12,15-16H2,1-2H3,(H,28,31)(H,29,30). The molecular formula is C26H29N3O3S. The Balaban J connectivity index is 1.54. The molecule has 1 aromatic carbocycles. The molecule has 0 fully saturated rings. The van der Waals surface area contributed by atoms with Gasteiger partial charge in [-0.2, -0.15) is 0 Å². The van der Waals surface area contributed by atoms with E-state index in [1.807, 2.05) is 38.1 Å². The van der Waals surface area contributed by atoms with Gasteiger partial charge in [0.15, 0.2) is 0 Å². The molecule has 2 N–H and O–H groups in total. The van der Waals surface area contributed by atoms with E-state index in [-0.39, 0.29) is 17.9 Å². The van der Waals surface area contributed by atoms with Crippen molar-refractivity contribution in [3.05, 3.63) is 81.5 Å². The van der Waals surface area contributed by atoms with Crippen LogP contribution in [0.15, 0.2) is 48.8 Å². The van der Waals surface area contributed by atoms with Gasteiger partial charge in [-0.3, -0.25) is 14.6 Å². The monoisotopic (exact) mass is 463 g/mol. The molecule has 33 heavy (non-hydrogen) atoms. The molecule has 2 aromatic heterocycles. The van der Waals surface area contributed by atoms with Gasteiger partial charge in [0.1, 0.15) is 5.00 Å². The second-order valence-corrected chi connectivity index (χ2v) is 9.53. The maximum atomic E-state index is 13.4. The number of hydrogen-bond donors (Lipinski definition) is 2. The summed E-state index contributed by atoms with van der Waals surface area (Å²) in [6.07, 6.45) is 7.25. The minimum Gasteiger partial charge on any atom is -0.374 e. The lowest BCUT2D eigenvalue weighted by molar-refractivity contribution is 0.0651. The van der Waals surface area contributed by atoms with Gasteiger partial charge >= 0.3 is 0 Å². The topological polar surface area (TPSA) is 80.3 Å². The number of pyridine rings is 1. The van der Waals surface area contributed by atoms with E-state index in [9.17, 15) is 9.59 Å². The Kier molecular flexibility index (Phi) is 7.52. The third-order valence-corrected chi connectivity index (χ3v) is 6.89. The minimum atomic E-state index is -0.257. The molecule has 0 radical (unpaired) electrons. The Morgan fingerprint density at radius 1 is 1.06 bits per heavy atom. The van der Waals surface area contributed by atoms with Crippen LogP contribution >= 0.6 is 11.3 Å². The van der Waals surface area contributed by atoms with Crippen LogP contribution in [0.1, 0.15) is 69.0 Å². The van der Waals surface area contributed by atoms with E-state index in [4.69, 9.17) is 4.74 Å². The van der Waals surface area contributed by atoms with Gasteiger partial charge in [-0.15, -0.1) is 11.3 Å². The van der Waals surface area contributed by atoms with Crippen molar-refractivity contribution in [3.63, 3.8) is 0 Å². The summed E-state index contributed by atoms with van der Waals surface area (Å²) < 4.78 is 5.76. The number of benzene rings is 1. The summed E-state index contributed by atoms with van der Waals surface area (Å²) >= 11 is 1.52. The van der Waals surface area contributed by atoms with Gasteiger partial charge in [0, 0.05) is 23.8 Å². The maximum absolute atomic E-state index is 13.4. The van der Waals surface area contributed by atoms with Crippen molar-refractivity contribution >= 4 is 28.2 Å². The minimum absolute atomic E-state index is 0.135. The first-order valence-corrected chi connectivity index (χ1v) is 12.2. The van der Waals surface area contributed by atoms with Crippen LogP contribution in [-0.4, -0.2) is 22.9 Å². The molecule has 0 aliphatic heterocycles. The predicted octanol–water partition coefficient (Wildman–Crippen LogP) is 5.13. The number of hydrogen-bond acceptors (Lipinski definition) is 5. The zero-order valence-electron chi connectivity index (χ0n) is 19.0. The number of nitrogens with zero attached hydrogens (tertiary/aromatic N) is 1. The lowest BCUT2D eigenvalue weighted by atomic mass is 9.95. The highest BCUT2D eigenvalue weighted by molar-refractivity contribution is 7.17. The number of fused-ring (bicyclic) bond motifs is 1. The fraction of sp³-hybridized carbons (Fsp3) is 0.346. The summed E-state index contributed by atoms with van der Waals surface area (Å²) in [5.74, 6) is -0.414. The molecule has 0 unspecified atom stereocenters. The van der Waals surface area contributed by atoms with Gasteiger partial charge in [-0.25, -0.2) is 0 Å². The normalized spacial score (nSPS) is 12.9. The summed E-state index contributed by atoms with van der Waals surface area (Å²) in [7, 11) is 0. The fourth-order valence-corrected chi connectivity index (χ4v) is 5.24. The maximum Gasteiger partial charge on any atom is 0.257 e. The van der Waals surface area contributed by atoms with E-state index < -0.39 is 0 Å². The molecule has 3 aromatic rings. The molecule has 2 heterocycles. The first-order chi connectivity index (χ1) is 16.0. The number of ether oxygens (including phenoxy) is 1. The quantitative estimate of drug-likeness (QED) is 0.485. The third-order valence-electron chi connectivity index (χ3n) is 5.68. The van der Waals surface area contributed by atoms with Crippen LogP contribution in [0.25, 0.3) is 0 Å². The molecule has 6 nitrogen and oxygen atoms in total. The van der Waals surface area contributed by atoms with Gasteiger partial charge in [-0.05, 0) is 68.4 Å². The number of rotatable bonds is 8. The second-order valence-electron chi connectivity index (χ2n) is 8.42. The van der Waals surface area contributed by atoms with Crippen LogP contribution in [0.4, 0.5) is 5.00 Å². The summed E-state index contributed by atoms with van der Waals surface area (Å²) in [6, 6.07) is 11.4. The van der Waals surface area contributed by atoms with Gasteiger partial charge in [0.05, 0.1) is 23.8 Å². The van der Waals surface area contributed by atoms with Crippen molar-refractivity contribution in [2.24, 2.45) is 0 Å². The average Bonchev–Trinajstić information content (AvgIpc) is 3.20. The summed E-state index contributed by atoms with van der Waals surface area (Å²) in [6.45, 7) is 4.91. The van der Waals surface area contributed by atoms with Crippen LogP contribution in [-0.2, 0) is 30.7 Å². The molecule has 1 aliphatic rings. The number of carbonyl (C=O) groups excluding carboxylic acids is 2. The first-order valence-electron chi connectivity index (χ1n) is 11.4. The summed E-state index contributed by atoms with van der Waals surface area (Å²) in [5, 5.41) is 6.66.